The summed E-state index contributed by atoms with van der Waals surface area (Å²) in [6, 6.07) is 4.23. The molecule has 1 rings (SSSR count). The maximum absolute atomic E-state index is 13.6. The van der Waals surface area contributed by atoms with Crippen molar-refractivity contribution in [3.63, 3.8) is 0 Å². The van der Waals surface area contributed by atoms with Crippen LogP contribution in [0.15, 0.2) is 12.1 Å². The smallest absolute Gasteiger partial charge is 0.307 e. The Bertz CT molecular complexity index is 593. The van der Waals surface area contributed by atoms with Crippen LogP contribution in [0.2, 0.25) is 0 Å². The summed E-state index contributed by atoms with van der Waals surface area (Å²) in [5, 5.41) is 20.1. The maximum Gasteiger partial charge on any atom is 0.307 e. The van der Waals surface area contributed by atoms with Crippen LogP contribution in [0.25, 0.3) is 0 Å². The number of hydrogen-bond acceptors (Lipinski definition) is 3. The Morgan fingerprint density at radius 3 is 2.45 bits per heavy atom. The van der Waals surface area contributed by atoms with Gasteiger partial charge in [0, 0.05) is 17.2 Å². The zero-order valence-electron chi connectivity index (χ0n) is 11.4. The van der Waals surface area contributed by atoms with E-state index in [1.807, 2.05) is 0 Å². The van der Waals surface area contributed by atoms with E-state index in [-0.39, 0.29) is 16.8 Å². The fourth-order valence-corrected chi connectivity index (χ4v) is 1.56. The highest BCUT2D eigenvalue weighted by Gasteiger charge is 2.26. The number of carbonyl (C=O) groups is 2. The molecule has 2 unspecified atom stereocenters. The van der Waals surface area contributed by atoms with Crippen LogP contribution >= 0.6 is 0 Å². The van der Waals surface area contributed by atoms with E-state index in [0.717, 1.165) is 6.07 Å². The van der Waals surface area contributed by atoms with Crippen LogP contribution in [0.4, 0.5) is 10.1 Å². The summed E-state index contributed by atoms with van der Waals surface area (Å²) >= 11 is 0. The minimum absolute atomic E-state index is 0.0855. The Balaban J connectivity index is 2.99. The van der Waals surface area contributed by atoms with Crippen LogP contribution < -0.4 is 5.32 Å². The van der Waals surface area contributed by atoms with Gasteiger partial charge in [-0.2, -0.15) is 5.26 Å². The highest BCUT2D eigenvalue weighted by molar-refractivity contribution is 5.95. The standard InChI is InChI=1S/C14H15FN2O3/c1-7(8(2)14(19)20)13(18)17-12-5-10(6-16)4-11(15)9(12)3/h4-5,7-8H,1-3H3,(H,17,18)(H,19,20). The minimum atomic E-state index is -1.08. The van der Waals surface area contributed by atoms with Gasteiger partial charge in [0.05, 0.1) is 17.6 Å². The highest BCUT2D eigenvalue weighted by atomic mass is 19.1. The lowest BCUT2D eigenvalue weighted by atomic mass is 9.95. The molecule has 6 heteroatoms. The number of nitrogens with zero attached hydrogens (tertiary/aromatic N) is 1. The van der Waals surface area contributed by atoms with E-state index < -0.39 is 29.5 Å². The van der Waals surface area contributed by atoms with Gasteiger partial charge in [0.15, 0.2) is 0 Å². The van der Waals surface area contributed by atoms with Crippen molar-refractivity contribution in [3.8, 4) is 6.07 Å². The van der Waals surface area contributed by atoms with Crippen molar-refractivity contribution in [2.45, 2.75) is 20.8 Å². The van der Waals surface area contributed by atoms with Gasteiger partial charge in [-0.1, -0.05) is 13.8 Å². The van der Waals surface area contributed by atoms with Crippen molar-refractivity contribution < 1.29 is 19.1 Å². The average Bonchev–Trinajstić information content (AvgIpc) is 2.41. The number of rotatable bonds is 4. The Morgan fingerprint density at radius 2 is 1.95 bits per heavy atom. The molecule has 0 bridgehead atoms. The number of carboxylic acid groups (broad SMARTS) is 1. The van der Waals surface area contributed by atoms with Crippen LogP contribution in [-0.4, -0.2) is 17.0 Å². The number of aliphatic carboxylic acids is 1. The summed E-state index contributed by atoms with van der Waals surface area (Å²) in [6.45, 7) is 4.37. The molecular formula is C14H15FN2O3. The molecule has 2 atom stereocenters. The van der Waals surface area contributed by atoms with Gasteiger partial charge in [0.2, 0.25) is 5.91 Å². The molecule has 0 aliphatic rings. The lowest BCUT2D eigenvalue weighted by Crippen LogP contribution is -2.30. The third-order valence-corrected chi connectivity index (χ3v) is 3.28. The molecule has 1 amide bonds. The van der Waals surface area contributed by atoms with E-state index in [1.165, 1.54) is 26.8 Å². The van der Waals surface area contributed by atoms with Crippen LogP contribution in [0, 0.1) is 35.9 Å². The minimum Gasteiger partial charge on any atom is -0.481 e. The zero-order chi connectivity index (χ0) is 15.4. The number of hydrogen-bond donors (Lipinski definition) is 2. The van der Waals surface area contributed by atoms with E-state index in [4.69, 9.17) is 10.4 Å². The van der Waals surface area contributed by atoms with E-state index in [0.29, 0.717) is 0 Å². The van der Waals surface area contributed by atoms with Gasteiger partial charge in [0.1, 0.15) is 5.82 Å². The number of nitriles is 1. The Labute approximate surface area is 116 Å². The lowest BCUT2D eigenvalue weighted by Gasteiger charge is -2.17. The normalized spacial score (nSPS) is 13.2. The predicted molar refractivity (Wildman–Crippen MR) is 70.4 cm³/mol. The number of anilines is 1. The van der Waals surface area contributed by atoms with Crippen molar-refractivity contribution in [1.29, 1.82) is 5.26 Å². The molecule has 106 valence electrons. The Morgan fingerprint density at radius 1 is 1.35 bits per heavy atom. The summed E-state index contributed by atoms with van der Waals surface area (Å²) < 4.78 is 13.6. The molecule has 0 radical (unpaired) electrons. The first-order valence-corrected chi connectivity index (χ1v) is 6.01. The van der Waals surface area contributed by atoms with Crippen molar-refractivity contribution in [2.75, 3.05) is 5.32 Å². The lowest BCUT2D eigenvalue weighted by molar-refractivity contribution is -0.145. The molecule has 0 fully saturated rings. The predicted octanol–water partition coefficient (Wildman–Crippen LogP) is 2.30. The van der Waals surface area contributed by atoms with Gasteiger partial charge in [-0.15, -0.1) is 0 Å². The van der Waals surface area contributed by atoms with Crippen molar-refractivity contribution >= 4 is 17.6 Å². The van der Waals surface area contributed by atoms with Gasteiger partial charge in [0.25, 0.3) is 0 Å². The van der Waals surface area contributed by atoms with Gasteiger partial charge in [-0.05, 0) is 19.1 Å². The third-order valence-electron chi connectivity index (χ3n) is 3.28. The number of carboxylic acids is 1. The number of benzene rings is 1. The first-order chi connectivity index (χ1) is 9.27. The SMILES string of the molecule is Cc1c(F)cc(C#N)cc1NC(=O)C(C)C(C)C(=O)O. The quantitative estimate of drug-likeness (QED) is 0.884. The molecule has 0 saturated heterocycles. The molecule has 0 aliphatic carbocycles. The molecule has 2 N–H and O–H groups in total. The second kappa shape index (κ2) is 6.15. The molecule has 5 nitrogen and oxygen atoms in total. The molecule has 1 aromatic rings. The van der Waals surface area contributed by atoms with E-state index in [9.17, 15) is 14.0 Å². The largest absolute Gasteiger partial charge is 0.481 e. The molecule has 0 saturated carbocycles. The number of amides is 1. The highest BCUT2D eigenvalue weighted by Crippen LogP contribution is 2.22. The molecule has 0 aromatic heterocycles. The summed E-state index contributed by atoms with van der Waals surface area (Å²) in [4.78, 5) is 22.8. The molecule has 0 aliphatic heterocycles. The van der Waals surface area contributed by atoms with Crippen LogP contribution in [0.3, 0.4) is 0 Å². The van der Waals surface area contributed by atoms with E-state index in [1.54, 1.807) is 6.07 Å². The Kier molecular flexibility index (Phi) is 4.81. The van der Waals surface area contributed by atoms with Crippen molar-refractivity contribution in [3.05, 3.63) is 29.1 Å². The molecule has 1 aromatic carbocycles. The van der Waals surface area contributed by atoms with Gasteiger partial charge >= 0.3 is 5.97 Å². The first kappa shape index (κ1) is 15.6. The summed E-state index contributed by atoms with van der Waals surface area (Å²) in [7, 11) is 0. The molecular weight excluding hydrogens is 263 g/mol. The fourth-order valence-electron chi connectivity index (χ4n) is 1.56. The maximum atomic E-state index is 13.6. The van der Waals surface area contributed by atoms with Crippen molar-refractivity contribution in [1.82, 2.24) is 0 Å². The second-order valence-electron chi connectivity index (χ2n) is 4.65. The monoisotopic (exact) mass is 278 g/mol. The van der Waals surface area contributed by atoms with Crippen LogP contribution in [0.1, 0.15) is 25.0 Å². The van der Waals surface area contributed by atoms with Crippen LogP contribution in [0.5, 0.6) is 0 Å². The number of carbonyl (C=O) groups excluding carboxylic acids is 1. The third kappa shape index (κ3) is 3.32. The van der Waals surface area contributed by atoms with Crippen molar-refractivity contribution in [2.24, 2.45) is 11.8 Å². The van der Waals surface area contributed by atoms with Crippen LogP contribution in [-0.2, 0) is 9.59 Å². The van der Waals surface area contributed by atoms with Gasteiger partial charge in [-0.25, -0.2) is 4.39 Å². The number of nitrogens with one attached hydrogen (secondary N) is 1. The molecule has 0 heterocycles. The summed E-state index contributed by atoms with van der Waals surface area (Å²) in [5.74, 6) is -3.85. The average molecular weight is 278 g/mol. The Hall–Kier alpha value is -2.42. The summed E-state index contributed by atoms with van der Waals surface area (Å²) in [6.07, 6.45) is 0. The number of halogens is 1. The topological polar surface area (TPSA) is 90.2 Å². The second-order valence-corrected chi connectivity index (χ2v) is 4.65. The van der Waals surface area contributed by atoms with E-state index in [2.05, 4.69) is 5.32 Å². The molecule has 0 spiro atoms. The zero-order valence-corrected chi connectivity index (χ0v) is 11.4. The first-order valence-electron chi connectivity index (χ1n) is 6.01. The summed E-state index contributed by atoms with van der Waals surface area (Å²) in [5.41, 5.74) is 0.464. The van der Waals surface area contributed by atoms with Gasteiger partial charge in [-0.3, -0.25) is 9.59 Å². The van der Waals surface area contributed by atoms with E-state index >= 15 is 0 Å². The molecule has 20 heavy (non-hydrogen) atoms. The fraction of sp³-hybridized carbons (Fsp3) is 0.357. The van der Waals surface area contributed by atoms with Gasteiger partial charge < -0.3 is 10.4 Å².